The lowest BCUT2D eigenvalue weighted by Crippen LogP contribution is -2.03. The van der Waals surface area contributed by atoms with Gasteiger partial charge in [-0.3, -0.25) is 4.79 Å². The minimum absolute atomic E-state index is 0.168. The van der Waals surface area contributed by atoms with Crippen molar-refractivity contribution in [2.24, 2.45) is 0 Å². The lowest BCUT2D eigenvalue weighted by atomic mass is 10.3. The molecule has 0 saturated heterocycles. The van der Waals surface area contributed by atoms with Crippen molar-refractivity contribution in [1.29, 1.82) is 0 Å². The number of nitrogens with zero attached hydrogens (tertiary/aromatic N) is 3. The number of hydrogen-bond acceptors (Lipinski definition) is 5. The van der Waals surface area contributed by atoms with Crippen molar-refractivity contribution >= 4 is 23.1 Å². The van der Waals surface area contributed by atoms with E-state index in [1.807, 2.05) is 11.5 Å². The minimum Gasteiger partial charge on any atom is -0.476 e. The Morgan fingerprint density at radius 1 is 1.50 bits per heavy atom. The standard InChI is InChI=1S/C11H11N3O3S/c1-3-14-5-12-4-7(14)10-13-8(11(16)17)9(18-10)6(2)15/h4-5H,3H2,1-2H3,(H,16,17). The average molecular weight is 265 g/mol. The molecular formula is C11H11N3O3S. The van der Waals surface area contributed by atoms with Gasteiger partial charge in [-0.15, -0.1) is 11.3 Å². The number of carboxylic acid groups (broad SMARTS) is 1. The van der Waals surface area contributed by atoms with Gasteiger partial charge >= 0.3 is 5.97 Å². The maximum absolute atomic E-state index is 11.4. The number of aromatic nitrogens is 3. The molecule has 2 aromatic rings. The van der Waals surface area contributed by atoms with Crippen LogP contribution >= 0.6 is 11.3 Å². The molecule has 1 N–H and O–H groups in total. The Morgan fingerprint density at radius 3 is 2.72 bits per heavy atom. The molecule has 0 amide bonds. The van der Waals surface area contributed by atoms with Gasteiger partial charge in [-0.05, 0) is 6.92 Å². The lowest BCUT2D eigenvalue weighted by Gasteiger charge is -2.00. The second kappa shape index (κ2) is 4.69. The summed E-state index contributed by atoms with van der Waals surface area (Å²) < 4.78 is 1.84. The molecule has 18 heavy (non-hydrogen) atoms. The fraction of sp³-hybridized carbons (Fsp3) is 0.273. The topological polar surface area (TPSA) is 85.1 Å². The number of carboxylic acids is 1. The first-order valence-corrected chi connectivity index (χ1v) is 6.11. The van der Waals surface area contributed by atoms with Crippen molar-refractivity contribution in [2.75, 3.05) is 0 Å². The van der Waals surface area contributed by atoms with Crippen molar-refractivity contribution < 1.29 is 14.7 Å². The number of ketones is 1. The monoisotopic (exact) mass is 265 g/mol. The summed E-state index contributed by atoms with van der Waals surface area (Å²) in [6, 6.07) is 0. The van der Waals surface area contributed by atoms with Gasteiger partial charge in [-0.2, -0.15) is 0 Å². The molecule has 0 spiro atoms. The van der Waals surface area contributed by atoms with E-state index in [9.17, 15) is 9.59 Å². The number of rotatable bonds is 4. The number of Topliss-reactive ketones (excluding diaryl/α,β-unsaturated/α-hetero) is 1. The third-order valence-electron chi connectivity index (χ3n) is 2.42. The summed E-state index contributed by atoms with van der Waals surface area (Å²) >= 11 is 1.08. The SMILES string of the molecule is CCn1cncc1-c1nc(C(=O)O)c(C(C)=O)s1. The van der Waals surface area contributed by atoms with E-state index in [4.69, 9.17) is 5.11 Å². The van der Waals surface area contributed by atoms with E-state index in [1.165, 1.54) is 6.92 Å². The van der Waals surface area contributed by atoms with Gasteiger partial charge in [0.15, 0.2) is 11.5 Å². The molecule has 0 atom stereocenters. The van der Waals surface area contributed by atoms with E-state index in [-0.39, 0.29) is 16.4 Å². The van der Waals surface area contributed by atoms with E-state index >= 15 is 0 Å². The first-order valence-electron chi connectivity index (χ1n) is 5.30. The molecule has 0 aliphatic rings. The fourth-order valence-electron chi connectivity index (χ4n) is 1.56. The molecule has 7 heteroatoms. The number of imidazole rings is 1. The zero-order chi connectivity index (χ0) is 13.3. The molecular weight excluding hydrogens is 254 g/mol. The molecule has 94 valence electrons. The number of hydrogen-bond donors (Lipinski definition) is 1. The van der Waals surface area contributed by atoms with Crippen molar-refractivity contribution in [2.45, 2.75) is 20.4 Å². The van der Waals surface area contributed by atoms with Crippen molar-refractivity contribution in [3.05, 3.63) is 23.1 Å². The van der Waals surface area contributed by atoms with Crippen molar-refractivity contribution in [3.8, 4) is 10.7 Å². The normalized spacial score (nSPS) is 10.6. The zero-order valence-electron chi connectivity index (χ0n) is 9.88. The van der Waals surface area contributed by atoms with Gasteiger partial charge < -0.3 is 9.67 Å². The largest absolute Gasteiger partial charge is 0.476 e. The molecule has 0 fully saturated rings. The summed E-state index contributed by atoms with van der Waals surface area (Å²) in [5.41, 5.74) is 0.531. The number of aromatic carboxylic acids is 1. The quantitative estimate of drug-likeness (QED) is 0.854. The van der Waals surface area contributed by atoms with Crippen LogP contribution in [0.5, 0.6) is 0 Å². The summed E-state index contributed by atoms with van der Waals surface area (Å²) in [5, 5.41) is 9.52. The van der Waals surface area contributed by atoms with E-state index in [1.54, 1.807) is 12.5 Å². The highest BCUT2D eigenvalue weighted by atomic mass is 32.1. The van der Waals surface area contributed by atoms with Crippen LogP contribution in [0.4, 0.5) is 0 Å². The Labute approximate surface area is 107 Å². The van der Waals surface area contributed by atoms with Crippen LogP contribution in [-0.2, 0) is 6.54 Å². The van der Waals surface area contributed by atoms with Gasteiger partial charge in [0, 0.05) is 13.5 Å². The Morgan fingerprint density at radius 2 is 2.22 bits per heavy atom. The fourth-order valence-corrected chi connectivity index (χ4v) is 2.54. The lowest BCUT2D eigenvalue weighted by molar-refractivity contribution is 0.0687. The van der Waals surface area contributed by atoms with Crippen LogP contribution in [0.2, 0.25) is 0 Å². The van der Waals surface area contributed by atoms with Gasteiger partial charge in [-0.1, -0.05) is 0 Å². The minimum atomic E-state index is -1.19. The summed E-state index contributed by atoms with van der Waals surface area (Å²) in [6.45, 7) is 3.98. The molecule has 0 aliphatic carbocycles. The predicted octanol–water partition coefficient (Wildman–Crippen LogP) is 1.93. The second-order valence-corrected chi connectivity index (χ2v) is 4.62. The van der Waals surface area contributed by atoms with E-state index < -0.39 is 5.97 Å². The molecule has 2 aromatic heterocycles. The van der Waals surface area contributed by atoms with Gasteiger partial charge in [0.1, 0.15) is 9.88 Å². The van der Waals surface area contributed by atoms with Crippen LogP contribution in [0.25, 0.3) is 10.7 Å². The highest BCUT2D eigenvalue weighted by Crippen LogP contribution is 2.28. The number of thiazole rings is 1. The second-order valence-electron chi connectivity index (χ2n) is 3.62. The Hall–Kier alpha value is -2.02. The third-order valence-corrected chi connectivity index (χ3v) is 3.60. The summed E-state index contributed by atoms with van der Waals surface area (Å²) in [6.07, 6.45) is 3.25. The Bertz CT molecular complexity index is 583. The van der Waals surface area contributed by atoms with Crippen LogP contribution in [0.3, 0.4) is 0 Å². The Balaban J connectivity index is 2.57. The number of carbonyl (C=O) groups excluding carboxylic acids is 1. The van der Waals surface area contributed by atoms with Gasteiger partial charge in [-0.25, -0.2) is 14.8 Å². The third kappa shape index (κ3) is 2.04. The predicted molar refractivity (Wildman–Crippen MR) is 66.0 cm³/mol. The molecule has 0 unspecified atom stereocenters. The molecule has 2 heterocycles. The smallest absolute Gasteiger partial charge is 0.356 e. The van der Waals surface area contributed by atoms with E-state index in [0.29, 0.717) is 11.6 Å². The number of carbonyl (C=O) groups is 2. The van der Waals surface area contributed by atoms with E-state index in [0.717, 1.165) is 17.0 Å². The van der Waals surface area contributed by atoms with Gasteiger partial charge in [0.05, 0.1) is 18.2 Å². The molecule has 6 nitrogen and oxygen atoms in total. The highest BCUT2D eigenvalue weighted by Gasteiger charge is 2.22. The maximum Gasteiger partial charge on any atom is 0.356 e. The first kappa shape index (κ1) is 12.4. The summed E-state index contributed by atoms with van der Waals surface area (Å²) in [5.74, 6) is -1.48. The van der Waals surface area contributed by atoms with Crippen LogP contribution in [0.15, 0.2) is 12.5 Å². The van der Waals surface area contributed by atoms with Gasteiger partial charge in [0.2, 0.25) is 0 Å². The molecule has 2 rings (SSSR count). The van der Waals surface area contributed by atoms with E-state index in [2.05, 4.69) is 9.97 Å². The first-order chi connectivity index (χ1) is 8.54. The number of aryl methyl sites for hydroxylation is 1. The van der Waals surface area contributed by atoms with Crippen LogP contribution < -0.4 is 0 Å². The zero-order valence-corrected chi connectivity index (χ0v) is 10.7. The van der Waals surface area contributed by atoms with Gasteiger partial charge in [0.25, 0.3) is 0 Å². The van der Waals surface area contributed by atoms with Crippen molar-refractivity contribution in [3.63, 3.8) is 0 Å². The van der Waals surface area contributed by atoms with Crippen molar-refractivity contribution in [1.82, 2.24) is 14.5 Å². The summed E-state index contributed by atoms with van der Waals surface area (Å²) in [7, 11) is 0. The molecule has 0 bridgehead atoms. The average Bonchev–Trinajstić information content (AvgIpc) is 2.94. The molecule has 0 saturated carbocycles. The summed E-state index contributed by atoms with van der Waals surface area (Å²) in [4.78, 5) is 30.6. The van der Waals surface area contributed by atoms with Crippen LogP contribution in [0.1, 0.15) is 34.0 Å². The van der Waals surface area contributed by atoms with Crippen LogP contribution in [0, 0.1) is 0 Å². The Kier molecular flexibility index (Phi) is 3.24. The molecule has 0 aromatic carbocycles. The highest BCUT2D eigenvalue weighted by molar-refractivity contribution is 7.17. The molecule has 0 aliphatic heterocycles. The molecule has 0 radical (unpaired) electrons. The maximum atomic E-state index is 11.4. The van der Waals surface area contributed by atoms with Crippen LogP contribution in [-0.4, -0.2) is 31.4 Å².